The fraction of sp³-hybridized carbons (Fsp3) is 0.273. The van der Waals surface area contributed by atoms with Crippen LogP contribution in [-0.2, 0) is 16.7 Å². The second kappa shape index (κ2) is 5.37. The minimum atomic E-state index is -4.23. The van der Waals surface area contributed by atoms with Gasteiger partial charge in [0, 0.05) is 18.0 Å². The number of hydrogen-bond donors (Lipinski definition) is 0. The molecule has 2 aromatic rings. The smallest absolute Gasteiger partial charge is 0.199 e. The third-order valence-electron chi connectivity index (χ3n) is 2.48. The van der Waals surface area contributed by atoms with Gasteiger partial charge in [0.25, 0.3) is 0 Å². The molecule has 7 nitrogen and oxygen atoms in total. The summed E-state index contributed by atoms with van der Waals surface area (Å²) in [6, 6.07) is 1.72. The van der Waals surface area contributed by atoms with Crippen molar-refractivity contribution in [1.82, 2.24) is 15.1 Å². The lowest BCUT2D eigenvalue weighted by Crippen LogP contribution is -2.41. The summed E-state index contributed by atoms with van der Waals surface area (Å²) in [5.41, 5.74) is 1.62. The second-order valence-corrected chi connectivity index (χ2v) is 5.49. The maximum atomic E-state index is 10.6. The van der Waals surface area contributed by atoms with Gasteiger partial charge in [0.05, 0.1) is 11.3 Å². The van der Waals surface area contributed by atoms with Crippen molar-refractivity contribution in [2.75, 3.05) is 5.75 Å². The molecule has 2 rings (SSSR count). The van der Waals surface area contributed by atoms with E-state index in [-0.39, 0.29) is 6.54 Å². The highest BCUT2D eigenvalue weighted by molar-refractivity contribution is 7.85. The highest BCUT2D eigenvalue weighted by atomic mass is 32.2. The highest BCUT2D eigenvalue weighted by Gasteiger charge is 2.12. The Labute approximate surface area is 110 Å². The Hall–Kier alpha value is -1.93. The first-order valence-electron chi connectivity index (χ1n) is 5.53. The lowest BCUT2D eigenvalue weighted by atomic mass is 10.2. The molecule has 19 heavy (non-hydrogen) atoms. The number of nitrogens with zero attached hydrogens (tertiary/aromatic N) is 4. The summed E-state index contributed by atoms with van der Waals surface area (Å²) in [6.07, 6.45) is 6.48. The van der Waals surface area contributed by atoms with Crippen molar-refractivity contribution < 1.29 is 17.7 Å². The van der Waals surface area contributed by atoms with Gasteiger partial charge in [-0.15, -0.1) is 0 Å². The third kappa shape index (κ3) is 3.76. The molecule has 0 fully saturated rings. The molecule has 100 valence electrons. The van der Waals surface area contributed by atoms with Crippen molar-refractivity contribution in [1.29, 1.82) is 0 Å². The fourth-order valence-electron chi connectivity index (χ4n) is 1.56. The zero-order chi connectivity index (χ0) is 13.9. The van der Waals surface area contributed by atoms with E-state index in [1.165, 1.54) is 4.68 Å². The van der Waals surface area contributed by atoms with Crippen LogP contribution in [0.1, 0.15) is 5.56 Å². The summed E-state index contributed by atoms with van der Waals surface area (Å²) in [5.74, 6) is 0.0711. The molecule has 0 bridgehead atoms. The first-order chi connectivity index (χ1) is 8.96. The molecule has 8 heteroatoms. The quantitative estimate of drug-likeness (QED) is 0.562. The summed E-state index contributed by atoms with van der Waals surface area (Å²) < 4.78 is 33.1. The average molecular weight is 280 g/mol. The Morgan fingerprint density at radius 3 is 2.58 bits per heavy atom. The van der Waals surface area contributed by atoms with Crippen LogP contribution in [-0.4, -0.2) is 33.8 Å². The predicted octanol–water partition coefficient (Wildman–Crippen LogP) is -0.320. The van der Waals surface area contributed by atoms with E-state index in [1.807, 2.05) is 6.92 Å². The molecular formula is C11H12N4O3S. The highest BCUT2D eigenvalue weighted by Crippen LogP contribution is 2.15. The van der Waals surface area contributed by atoms with E-state index in [9.17, 15) is 13.0 Å². The van der Waals surface area contributed by atoms with Crippen molar-refractivity contribution in [3.8, 4) is 11.4 Å². The van der Waals surface area contributed by atoms with E-state index < -0.39 is 15.9 Å². The molecule has 2 heterocycles. The van der Waals surface area contributed by atoms with Crippen molar-refractivity contribution in [2.45, 2.75) is 13.5 Å². The number of aromatic nitrogens is 4. The summed E-state index contributed by atoms with van der Waals surface area (Å²) >= 11 is 0. The van der Waals surface area contributed by atoms with Crippen LogP contribution >= 0.6 is 0 Å². The van der Waals surface area contributed by atoms with Crippen molar-refractivity contribution >= 4 is 10.1 Å². The number of rotatable bonds is 4. The molecule has 0 aliphatic carbocycles. The topological polar surface area (TPSA) is 99.8 Å². The first-order valence-corrected chi connectivity index (χ1v) is 7.11. The van der Waals surface area contributed by atoms with Crippen LogP contribution in [0.3, 0.4) is 0 Å². The van der Waals surface area contributed by atoms with Gasteiger partial charge in [-0.05, 0) is 18.1 Å². The molecule has 0 amide bonds. The van der Waals surface area contributed by atoms with Crippen LogP contribution in [0.15, 0.2) is 30.9 Å². The average Bonchev–Trinajstić information content (AvgIpc) is 2.37. The minimum Gasteiger partial charge on any atom is -0.748 e. The lowest BCUT2D eigenvalue weighted by molar-refractivity contribution is -0.750. The summed E-state index contributed by atoms with van der Waals surface area (Å²) in [4.78, 5) is 8.24. The number of aryl methyl sites for hydroxylation is 2. The summed E-state index contributed by atoms with van der Waals surface area (Å²) in [6.45, 7) is 1.87. The zero-order valence-corrected chi connectivity index (χ0v) is 11.0. The van der Waals surface area contributed by atoms with E-state index >= 15 is 0 Å². The fourth-order valence-corrected chi connectivity index (χ4v) is 1.97. The Morgan fingerprint density at radius 1 is 1.32 bits per heavy atom. The van der Waals surface area contributed by atoms with Crippen LogP contribution in [0.5, 0.6) is 0 Å². The van der Waals surface area contributed by atoms with Gasteiger partial charge < -0.3 is 4.55 Å². The maximum absolute atomic E-state index is 10.6. The van der Waals surface area contributed by atoms with Gasteiger partial charge in [-0.2, -0.15) is 0 Å². The Bertz CT molecular complexity index is 674. The van der Waals surface area contributed by atoms with Gasteiger partial charge >= 0.3 is 0 Å². The molecule has 0 aromatic carbocycles. The molecule has 0 spiro atoms. The van der Waals surface area contributed by atoms with Gasteiger partial charge in [0.15, 0.2) is 18.6 Å². The van der Waals surface area contributed by atoms with E-state index in [0.717, 1.165) is 11.1 Å². The predicted molar refractivity (Wildman–Crippen MR) is 64.8 cm³/mol. The Balaban J connectivity index is 2.23. The molecule has 0 atom stereocenters. The largest absolute Gasteiger partial charge is 0.748 e. The molecule has 0 N–H and O–H groups in total. The third-order valence-corrected chi connectivity index (χ3v) is 3.16. The molecular weight excluding hydrogens is 268 g/mol. The van der Waals surface area contributed by atoms with Crippen molar-refractivity contribution in [3.63, 3.8) is 0 Å². The Morgan fingerprint density at radius 2 is 2.00 bits per heavy atom. The molecule has 0 aliphatic rings. The molecule has 0 saturated heterocycles. The summed E-state index contributed by atoms with van der Waals surface area (Å²) in [5, 5.41) is 4.05. The molecule has 2 aromatic heterocycles. The van der Waals surface area contributed by atoms with E-state index in [2.05, 4.69) is 15.1 Å². The van der Waals surface area contributed by atoms with Gasteiger partial charge in [-0.3, -0.25) is 0 Å². The van der Waals surface area contributed by atoms with Crippen LogP contribution < -0.4 is 4.68 Å². The molecule has 0 aliphatic heterocycles. The zero-order valence-electron chi connectivity index (χ0n) is 10.2. The van der Waals surface area contributed by atoms with E-state index in [1.54, 1.807) is 30.9 Å². The van der Waals surface area contributed by atoms with E-state index in [4.69, 9.17) is 0 Å². The van der Waals surface area contributed by atoms with Crippen LogP contribution in [0.4, 0.5) is 0 Å². The Kier molecular flexibility index (Phi) is 3.82. The van der Waals surface area contributed by atoms with Crippen molar-refractivity contribution in [2.24, 2.45) is 0 Å². The second-order valence-electron chi connectivity index (χ2n) is 3.97. The van der Waals surface area contributed by atoms with Crippen LogP contribution in [0.2, 0.25) is 0 Å². The van der Waals surface area contributed by atoms with E-state index in [0.29, 0.717) is 5.82 Å². The van der Waals surface area contributed by atoms with Gasteiger partial charge in [0.1, 0.15) is 16.3 Å². The first kappa shape index (κ1) is 13.5. The van der Waals surface area contributed by atoms with Crippen LogP contribution in [0, 0.1) is 6.92 Å². The van der Waals surface area contributed by atoms with Gasteiger partial charge in [0.2, 0.25) is 0 Å². The number of hydrogen-bond acceptors (Lipinski definition) is 6. The molecule has 0 unspecified atom stereocenters. The lowest BCUT2D eigenvalue weighted by Gasteiger charge is -2.04. The SMILES string of the molecule is Cc1c[n+](CCS(=O)(=O)[O-])ncc1-c1ncccn1. The van der Waals surface area contributed by atoms with Gasteiger partial charge in [-0.25, -0.2) is 18.4 Å². The monoisotopic (exact) mass is 280 g/mol. The summed E-state index contributed by atoms with van der Waals surface area (Å²) in [7, 11) is -4.23. The normalized spacial score (nSPS) is 11.5. The minimum absolute atomic E-state index is 0.0304. The molecule has 0 radical (unpaired) electrons. The van der Waals surface area contributed by atoms with Crippen LogP contribution in [0.25, 0.3) is 11.4 Å². The molecule has 0 saturated carbocycles. The van der Waals surface area contributed by atoms with Gasteiger partial charge in [-0.1, -0.05) is 4.68 Å². The maximum Gasteiger partial charge on any atom is 0.199 e. The van der Waals surface area contributed by atoms with Crippen molar-refractivity contribution in [3.05, 3.63) is 36.4 Å². The standard InChI is InChI=1S/C11H12N4O3S/c1-9-8-15(5-6-19(16,17)18)14-7-10(9)11-12-3-2-4-13-11/h2-4,7-8H,5-6H2,1H3.